The quantitative estimate of drug-likeness (QED) is 0.648. The highest BCUT2D eigenvalue weighted by Crippen LogP contribution is 2.34. The van der Waals surface area contributed by atoms with E-state index >= 15 is 0 Å². The van der Waals surface area contributed by atoms with Crippen molar-refractivity contribution in [2.24, 2.45) is 10.4 Å². The highest BCUT2D eigenvalue weighted by molar-refractivity contribution is 6.15. The van der Waals surface area contributed by atoms with Crippen molar-refractivity contribution in [2.75, 3.05) is 20.3 Å². The summed E-state index contributed by atoms with van der Waals surface area (Å²) in [6, 6.07) is 5.92. The summed E-state index contributed by atoms with van der Waals surface area (Å²) in [6.07, 6.45) is 13.0. The van der Waals surface area contributed by atoms with E-state index in [9.17, 15) is 10.1 Å². The molecule has 0 saturated heterocycles. The molecule has 1 aromatic rings. The van der Waals surface area contributed by atoms with Gasteiger partial charge in [0.15, 0.2) is 0 Å². The molecule has 0 amide bonds. The molecule has 3 rings (SSSR count). The number of terminal acetylenes is 1. The van der Waals surface area contributed by atoms with Gasteiger partial charge in [0.1, 0.15) is 23.2 Å². The van der Waals surface area contributed by atoms with Crippen molar-refractivity contribution in [3.63, 3.8) is 0 Å². The summed E-state index contributed by atoms with van der Waals surface area (Å²) >= 11 is 0. The first kappa shape index (κ1) is 23.3. The fourth-order valence-corrected chi connectivity index (χ4v) is 3.96. The van der Waals surface area contributed by atoms with Gasteiger partial charge in [-0.15, -0.1) is 6.42 Å². The lowest BCUT2D eigenvalue weighted by Gasteiger charge is -2.26. The summed E-state index contributed by atoms with van der Waals surface area (Å²) in [5, 5.41) is 9.69. The molecule has 1 aromatic carbocycles. The molecule has 0 atom stereocenters. The van der Waals surface area contributed by atoms with Crippen LogP contribution in [0.4, 0.5) is 0 Å². The Hall–Kier alpha value is -3.41. The number of ketones is 1. The molecule has 0 unspecified atom stereocenters. The highest BCUT2D eigenvalue weighted by atomic mass is 16.5. The second kappa shape index (κ2) is 9.81. The van der Waals surface area contributed by atoms with Crippen LogP contribution in [-0.2, 0) is 16.0 Å². The van der Waals surface area contributed by atoms with Crippen LogP contribution < -0.4 is 4.74 Å². The Labute approximate surface area is 190 Å². The van der Waals surface area contributed by atoms with Crippen molar-refractivity contribution in [2.45, 2.75) is 40.0 Å². The maximum absolute atomic E-state index is 13.6. The zero-order chi connectivity index (χ0) is 23.3. The molecule has 32 heavy (non-hydrogen) atoms. The molecule has 2 aliphatic rings. The van der Waals surface area contributed by atoms with E-state index < -0.39 is 5.41 Å². The fourth-order valence-electron chi connectivity index (χ4n) is 3.96. The lowest BCUT2D eigenvalue weighted by atomic mass is 9.80. The third-order valence-corrected chi connectivity index (χ3v) is 5.82. The van der Waals surface area contributed by atoms with Crippen LogP contribution in [0.25, 0.3) is 6.08 Å². The monoisotopic (exact) mass is 428 g/mol. The summed E-state index contributed by atoms with van der Waals surface area (Å²) in [7, 11) is 1.59. The molecule has 164 valence electrons. The normalized spacial score (nSPS) is 20.6. The van der Waals surface area contributed by atoms with Gasteiger partial charge in [-0.25, -0.2) is 4.99 Å². The summed E-state index contributed by atoms with van der Waals surface area (Å²) in [6.45, 7) is 6.96. The van der Waals surface area contributed by atoms with Gasteiger partial charge in [0.05, 0.1) is 25.9 Å². The molecule has 0 aliphatic carbocycles. The minimum absolute atomic E-state index is 0.139. The molecule has 0 fully saturated rings. The highest BCUT2D eigenvalue weighted by Gasteiger charge is 2.32. The van der Waals surface area contributed by atoms with Crippen molar-refractivity contribution < 1.29 is 14.3 Å². The summed E-state index contributed by atoms with van der Waals surface area (Å²) in [5.74, 6) is 3.14. The van der Waals surface area contributed by atoms with Gasteiger partial charge in [-0.2, -0.15) is 5.26 Å². The third kappa shape index (κ3) is 4.90. The van der Waals surface area contributed by atoms with Crippen LogP contribution in [0.15, 0.2) is 46.1 Å². The Morgan fingerprint density at radius 3 is 2.75 bits per heavy atom. The van der Waals surface area contributed by atoms with Crippen LogP contribution in [-0.4, -0.2) is 31.8 Å². The number of carbonyl (C=O) groups excluding carboxylic acids is 1. The zero-order valence-corrected chi connectivity index (χ0v) is 19.1. The van der Waals surface area contributed by atoms with Gasteiger partial charge in [-0.05, 0) is 61.1 Å². The SMILES string of the molecule is C#Cc1cc2c(cc1OC)CC/C(C)=C(\C(=O)C1=CCCOCC1(C)C)N=C(C#N)C=C2. The van der Waals surface area contributed by atoms with E-state index in [0.29, 0.717) is 55.1 Å². The first-order valence-corrected chi connectivity index (χ1v) is 10.7. The van der Waals surface area contributed by atoms with Gasteiger partial charge in [0.25, 0.3) is 0 Å². The molecule has 0 saturated carbocycles. The molecule has 0 spiro atoms. The summed E-state index contributed by atoms with van der Waals surface area (Å²) < 4.78 is 11.1. The van der Waals surface area contributed by atoms with Crippen LogP contribution in [0.2, 0.25) is 0 Å². The number of Topliss-reactive ketones (excluding diaryl/α,β-unsaturated/α-hetero) is 1. The second-order valence-corrected chi connectivity index (χ2v) is 8.64. The van der Waals surface area contributed by atoms with Gasteiger partial charge >= 0.3 is 0 Å². The summed E-state index contributed by atoms with van der Waals surface area (Å²) in [5.41, 5.74) is 4.19. The number of methoxy groups -OCH3 is 1. The Kier molecular flexibility index (Phi) is 7.13. The number of hydrogen-bond donors (Lipinski definition) is 0. The van der Waals surface area contributed by atoms with Gasteiger partial charge in [0.2, 0.25) is 5.78 Å². The van der Waals surface area contributed by atoms with Crippen LogP contribution >= 0.6 is 0 Å². The molecule has 2 heterocycles. The average molecular weight is 429 g/mol. The van der Waals surface area contributed by atoms with E-state index in [2.05, 4.69) is 17.0 Å². The number of fused-ring (bicyclic) bond motifs is 1. The molecule has 0 radical (unpaired) electrons. The molecular formula is C27H28N2O3. The Morgan fingerprint density at radius 2 is 2.06 bits per heavy atom. The second-order valence-electron chi connectivity index (χ2n) is 8.64. The molecule has 0 N–H and O–H groups in total. The van der Waals surface area contributed by atoms with Gasteiger partial charge in [-0.3, -0.25) is 4.79 Å². The maximum atomic E-state index is 13.6. The number of nitrogens with zero attached hydrogens (tertiary/aromatic N) is 2. The number of carbonyl (C=O) groups is 1. The summed E-state index contributed by atoms with van der Waals surface area (Å²) in [4.78, 5) is 18.1. The number of aliphatic imine (C=N–C) groups is 1. The molecule has 5 heteroatoms. The first-order valence-electron chi connectivity index (χ1n) is 10.7. The predicted octanol–water partition coefficient (Wildman–Crippen LogP) is 4.82. The van der Waals surface area contributed by atoms with E-state index in [1.807, 2.05) is 45.1 Å². The number of allylic oxidation sites excluding steroid dienone is 3. The Balaban J connectivity index is 2.10. The number of ether oxygens (including phenoxy) is 2. The van der Waals surface area contributed by atoms with Crippen molar-refractivity contribution in [3.8, 4) is 24.2 Å². The van der Waals surface area contributed by atoms with Crippen molar-refractivity contribution in [1.82, 2.24) is 0 Å². The number of nitriles is 1. The zero-order valence-electron chi connectivity index (χ0n) is 19.1. The van der Waals surface area contributed by atoms with E-state index in [0.717, 1.165) is 16.7 Å². The van der Waals surface area contributed by atoms with E-state index in [-0.39, 0.29) is 11.5 Å². The van der Waals surface area contributed by atoms with E-state index in [1.54, 1.807) is 13.2 Å². The van der Waals surface area contributed by atoms with Crippen LogP contribution in [0.1, 0.15) is 50.3 Å². The minimum Gasteiger partial charge on any atom is -0.495 e. The van der Waals surface area contributed by atoms with Crippen molar-refractivity contribution in [3.05, 3.63) is 57.8 Å². The van der Waals surface area contributed by atoms with Crippen LogP contribution in [0, 0.1) is 29.1 Å². The Morgan fingerprint density at radius 1 is 1.28 bits per heavy atom. The molecule has 0 aromatic heterocycles. The average Bonchev–Trinajstić information content (AvgIpc) is 2.96. The Bertz CT molecular complexity index is 1130. The minimum atomic E-state index is -0.431. The van der Waals surface area contributed by atoms with Gasteiger partial charge in [0, 0.05) is 11.0 Å². The lowest BCUT2D eigenvalue weighted by Crippen LogP contribution is -2.26. The van der Waals surface area contributed by atoms with Gasteiger partial charge < -0.3 is 9.47 Å². The maximum Gasteiger partial charge on any atom is 0.207 e. The third-order valence-electron chi connectivity index (χ3n) is 5.82. The number of hydrogen-bond acceptors (Lipinski definition) is 5. The number of rotatable bonds is 3. The van der Waals surface area contributed by atoms with E-state index in [4.69, 9.17) is 15.9 Å². The smallest absolute Gasteiger partial charge is 0.207 e. The number of benzene rings is 1. The standard InChI is InChI=1S/C27H28N2O3/c1-6-19-14-20-11-12-22(16-28)29-25(18(2)9-10-21(20)15-24(19)31-5)26(30)23-8-7-13-32-17-27(23,3)4/h1,8,11-12,14-15H,7,9-10,13,17H2,2-5H3/b12-11?,25-18+,29-22?. The van der Waals surface area contributed by atoms with Crippen LogP contribution in [0.3, 0.4) is 0 Å². The largest absolute Gasteiger partial charge is 0.495 e. The topological polar surface area (TPSA) is 71.7 Å². The molecule has 0 bridgehead atoms. The fraction of sp³-hybridized carbons (Fsp3) is 0.370. The first-order chi connectivity index (χ1) is 15.3. The van der Waals surface area contributed by atoms with E-state index in [1.165, 1.54) is 0 Å². The lowest BCUT2D eigenvalue weighted by molar-refractivity contribution is -0.113. The number of aryl methyl sites for hydroxylation is 1. The van der Waals surface area contributed by atoms with Crippen molar-refractivity contribution >= 4 is 17.6 Å². The molecular weight excluding hydrogens is 400 g/mol. The molecule has 5 nitrogen and oxygen atoms in total. The van der Waals surface area contributed by atoms with Gasteiger partial charge in [-0.1, -0.05) is 31.9 Å². The predicted molar refractivity (Wildman–Crippen MR) is 126 cm³/mol. The molecule has 2 aliphatic heterocycles. The van der Waals surface area contributed by atoms with Crippen molar-refractivity contribution in [1.29, 1.82) is 5.26 Å². The van der Waals surface area contributed by atoms with Crippen LogP contribution in [0.5, 0.6) is 5.75 Å².